The van der Waals surface area contributed by atoms with Crippen LogP contribution in [0.2, 0.25) is 0 Å². The van der Waals surface area contributed by atoms with Gasteiger partial charge in [-0.2, -0.15) is 0 Å². The molecule has 0 bridgehead atoms. The maximum Gasteiger partial charge on any atom is 0.310 e. The van der Waals surface area contributed by atoms with Gasteiger partial charge < -0.3 is 10.4 Å². The SMILES string of the molecule is O=C(CC1(C(=O)O)CCCCCC1)NC1CC=CC1. The van der Waals surface area contributed by atoms with Crippen molar-refractivity contribution in [3.63, 3.8) is 0 Å². The third kappa shape index (κ3) is 3.58. The summed E-state index contributed by atoms with van der Waals surface area (Å²) in [4.78, 5) is 23.7. The number of carboxylic acid groups (broad SMARTS) is 1. The summed E-state index contributed by atoms with van der Waals surface area (Å²) in [6, 6.07) is 0.170. The van der Waals surface area contributed by atoms with Crippen molar-refractivity contribution in [1.82, 2.24) is 5.32 Å². The lowest BCUT2D eigenvalue weighted by Crippen LogP contribution is -2.40. The summed E-state index contributed by atoms with van der Waals surface area (Å²) < 4.78 is 0. The Bertz CT molecular complexity index is 360. The van der Waals surface area contributed by atoms with E-state index in [4.69, 9.17) is 0 Å². The van der Waals surface area contributed by atoms with Gasteiger partial charge in [-0.05, 0) is 25.7 Å². The van der Waals surface area contributed by atoms with E-state index < -0.39 is 11.4 Å². The van der Waals surface area contributed by atoms with Gasteiger partial charge in [-0.25, -0.2) is 0 Å². The molecule has 1 fully saturated rings. The average molecular weight is 265 g/mol. The number of carbonyl (C=O) groups excluding carboxylic acids is 1. The van der Waals surface area contributed by atoms with Gasteiger partial charge in [0.2, 0.25) is 5.91 Å². The molecule has 1 saturated carbocycles. The van der Waals surface area contributed by atoms with Crippen LogP contribution >= 0.6 is 0 Å². The summed E-state index contributed by atoms with van der Waals surface area (Å²) in [5, 5.41) is 12.5. The molecular weight excluding hydrogens is 242 g/mol. The Labute approximate surface area is 114 Å². The van der Waals surface area contributed by atoms with Gasteiger partial charge in [-0.1, -0.05) is 37.8 Å². The van der Waals surface area contributed by atoms with E-state index >= 15 is 0 Å². The van der Waals surface area contributed by atoms with Crippen LogP contribution in [0.3, 0.4) is 0 Å². The van der Waals surface area contributed by atoms with E-state index in [1.165, 1.54) is 0 Å². The molecule has 0 radical (unpaired) electrons. The first-order valence-electron chi connectivity index (χ1n) is 7.30. The van der Waals surface area contributed by atoms with Gasteiger partial charge >= 0.3 is 5.97 Å². The van der Waals surface area contributed by atoms with Gasteiger partial charge in [0, 0.05) is 12.5 Å². The van der Waals surface area contributed by atoms with Crippen molar-refractivity contribution in [2.75, 3.05) is 0 Å². The van der Waals surface area contributed by atoms with E-state index in [1.54, 1.807) is 0 Å². The summed E-state index contributed by atoms with van der Waals surface area (Å²) in [5.41, 5.74) is -0.827. The molecule has 2 aliphatic rings. The Morgan fingerprint density at radius 3 is 2.21 bits per heavy atom. The van der Waals surface area contributed by atoms with Crippen molar-refractivity contribution in [2.24, 2.45) is 5.41 Å². The fraction of sp³-hybridized carbons (Fsp3) is 0.733. The Morgan fingerprint density at radius 2 is 1.68 bits per heavy atom. The number of rotatable bonds is 4. The normalized spacial score (nSPS) is 22.9. The van der Waals surface area contributed by atoms with Crippen LogP contribution in [0, 0.1) is 5.41 Å². The van der Waals surface area contributed by atoms with Crippen LogP contribution in [0.1, 0.15) is 57.8 Å². The zero-order valence-corrected chi connectivity index (χ0v) is 11.4. The maximum atomic E-state index is 12.1. The third-order valence-electron chi connectivity index (χ3n) is 4.39. The predicted octanol–water partition coefficient (Wildman–Crippen LogP) is 2.64. The van der Waals surface area contributed by atoms with Gasteiger partial charge in [-0.15, -0.1) is 0 Å². The lowest BCUT2D eigenvalue weighted by Gasteiger charge is -2.28. The molecule has 2 rings (SSSR count). The highest BCUT2D eigenvalue weighted by molar-refractivity contribution is 5.85. The quantitative estimate of drug-likeness (QED) is 0.606. The van der Waals surface area contributed by atoms with Crippen LogP contribution in [-0.4, -0.2) is 23.0 Å². The highest BCUT2D eigenvalue weighted by Gasteiger charge is 2.40. The second-order valence-electron chi connectivity index (χ2n) is 5.88. The molecule has 106 valence electrons. The maximum absolute atomic E-state index is 12.1. The van der Waals surface area contributed by atoms with E-state index in [0.717, 1.165) is 38.5 Å². The van der Waals surface area contributed by atoms with E-state index in [-0.39, 0.29) is 18.4 Å². The number of amides is 1. The number of hydrogen-bond donors (Lipinski definition) is 2. The summed E-state index contributed by atoms with van der Waals surface area (Å²) in [7, 11) is 0. The lowest BCUT2D eigenvalue weighted by atomic mass is 9.77. The molecule has 0 spiro atoms. The van der Waals surface area contributed by atoms with Crippen molar-refractivity contribution in [1.29, 1.82) is 0 Å². The van der Waals surface area contributed by atoms with E-state index in [1.807, 2.05) is 0 Å². The van der Waals surface area contributed by atoms with Crippen LogP contribution in [0.25, 0.3) is 0 Å². The second kappa shape index (κ2) is 6.22. The van der Waals surface area contributed by atoms with Gasteiger partial charge in [0.25, 0.3) is 0 Å². The van der Waals surface area contributed by atoms with Gasteiger partial charge in [0.05, 0.1) is 5.41 Å². The highest BCUT2D eigenvalue weighted by atomic mass is 16.4. The summed E-state index contributed by atoms with van der Waals surface area (Å²) in [6.45, 7) is 0. The number of nitrogens with one attached hydrogen (secondary N) is 1. The van der Waals surface area contributed by atoms with Crippen molar-refractivity contribution >= 4 is 11.9 Å². The molecule has 0 aliphatic heterocycles. The average Bonchev–Trinajstić information content (AvgIpc) is 2.73. The first-order chi connectivity index (χ1) is 9.12. The molecule has 2 N–H and O–H groups in total. The molecule has 0 aromatic rings. The molecule has 0 atom stereocenters. The van der Waals surface area contributed by atoms with Gasteiger partial charge in [-0.3, -0.25) is 9.59 Å². The van der Waals surface area contributed by atoms with E-state index in [2.05, 4.69) is 17.5 Å². The first kappa shape index (κ1) is 14.1. The molecular formula is C15H23NO3. The largest absolute Gasteiger partial charge is 0.481 e. The minimum atomic E-state index is -0.827. The van der Waals surface area contributed by atoms with E-state index in [0.29, 0.717) is 12.8 Å². The first-order valence-corrected chi connectivity index (χ1v) is 7.30. The van der Waals surface area contributed by atoms with Crippen LogP contribution < -0.4 is 5.32 Å². The molecule has 19 heavy (non-hydrogen) atoms. The zero-order chi connectivity index (χ0) is 13.7. The Kier molecular flexibility index (Phi) is 4.61. The van der Waals surface area contributed by atoms with Crippen LogP contribution in [0.15, 0.2) is 12.2 Å². The predicted molar refractivity (Wildman–Crippen MR) is 72.7 cm³/mol. The fourth-order valence-electron chi connectivity index (χ4n) is 3.19. The summed E-state index contributed by atoms with van der Waals surface area (Å²) in [6.07, 6.45) is 11.3. The van der Waals surface area contributed by atoms with Crippen LogP contribution in [0.4, 0.5) is 0 Å². The standard InChI is InChI=1S/C15H23NO3/c17-13(16-12-7-3-4-8-12)11-15(14(18)19)9-5-1-2-6-10-15/h3-4,12H,1-2,5-11H2,(H,16,17)(H,18,19). The third-order valence-corrected chi connectivity index (χ3v) is 4.39. The molecule has 0 heterocycles. The molecule has 0 aromatic heterocycles. The molecule has 1 amide bonds. The van der Waals surface area contributed by atoms with Crippen molar-refractivity contribution in [3.8, 4) is 0 Å². The fourth-order valence-corrected chi connectivity index (χ4v) is 3.19. The van der Waals surface area contributed by atoms with Crippen LogP contribution in [-0.2, 0) is 9.59 Å². The molecule has 0 unspecified atom stereocenters. The smallest absolute Gasteiger partial charge is 0.310 e. The number of hydrogen-bond acceptors (Lipinski definition) is 2. The van der Waals surface area contributed by atoms with Crippen molar-refractivity contribution < 1.29 is 14.7 Å². The van der Waals surface area contributed by atoms with E-state index in [9.17, 15) is 14.7 Å². The van der Waals surface area contributed by atoms with Crippen LogP contribution in [0.5, 0.6) is 0 Å². The van der Waals surface area contributed by atoms with Crippen molar-refractivity contribution in [3.05, 3.63) is 12.2 Å². The van der Waals surface area contributed by atoms with Gasteiger partial charge in [0.15, 0.2) is 0 Å². The molecule has 0 aromatic carbocycles. The zero-order valence-electron chi connectivity index (χ0n) is 11.4. The minimum absolute atomic E-state index is 0.0991. The molecule has 4 heteroatoms. The monoisotopic (exact) mass is 265 g/mol. The summed E-state index contributed by atoms with van der Waals surface area (Å²) in [5.74, 6) is -0.896. The highest BCUT2D eigenvalue weighted by Crippen LogP contribution is 2.38. The van der Waals surface area contributed by atoms with Gasteiger partial charge in [0.1, 0.15) is 0 Å². The number of carbonyl (C=O) groups is 2. The Morgan fingerprint density at radius 1 is 1.11 bits per heavy atom. The number of carboxylic acids is 1. The number of aliphatic carboxylic acids is 1. The molecule has 2 aliphatic carbocycles. The van der Waals surface area contributed by atoms with Crippen molar-refractivity contribution in [2.45, 2.75) is 63.8 Å². The molecule has 0 saturated heterocycles. The molecule has 4 nitrogen and oxygen atoms in total. The topological polar surface area (TPSA) is 66.4 Å². The minimum Gasteiger partial charge on any atom is -0.481 e. The Hall–Kier alpha value is -1.32. The summed E-state index contributed by atoms with van der Waals surface area (Å²) >= 11 is 0. The second-order valence-corrected chi connectivity index (χ2v) is 5.88. The Balaban J connectivity index is 1.95. The lowest BCUT2D eigenvalue weighted by molar-refractivity contribution is -0.153.